The van der Waals surface area contributed by atoms with Crippen molar-refractivity contribution in [3.8, 4) is 12.3 Å². The van der Waals surface area contributed by atoms with E-state index in [0.29, 0.717) is 12.8 Å². The zero-order chi connectivity index (χ0) is 13.8. The van der Waals surface area contributed by atoms with E-state index in [1.807, 2.05) is 0 Å². The first-order valence-electron chi connectivity index (χ1n) is 5.11. The molecule has 18 heavy (non-hydrogen) atoms. The van der Waals surface area contributed by atoms with E-state index in [2.05, 4.69) is 20.8 Å². The Morgan fingerprint density at radius 2 is 2.28 bits per heavy atom. The molecule has 0 fully saturated rings. The van der Waals surface area contributed by atoms with Gasteiger partial charge < -0.3 is 5.11 Å². The number of carboxylic acids is 1. The van der Waals surface area contributed by atoms with Gasteiger partial charge in [-0.2, -0.15) is 5.10 Å². The van der Waals surface area contributed by atoms with E-state index >= 15 is 0 Å². The Bertz CT molecular complexity index is 583. The number of hydrogen-bond donors (Lipinski definition) is 3. The number of nitrogens with zero attached hydrogens (tertiary/aromatic N) is 1. The molecule has 0 aliphatic rings. The van der Waals surface area contributed by atoms with Gasteiger partial charge in [-0.25, -0.2) is 17.9 Å². The summed E-state index contributed by atoms with van der Waals surface area (Å²) < 4.78 is 26.1. The summed E-state index contributed by atoms with van der Waals surface area (Å²) in [7, 11) is -3.90. The van der Waals surface area contributed by atoms with Gasteiger partial charge in [0, 0.05) is 13.0 Å². The second-order valence-corrected chi connectivity index (χ2v) is 5.24. The minimum absolute atomic E-state index is 0.149. The molecular formula is C10H13N3O4S. The predicted molar refractivity (Wildman–Crippen MR) is 63.5 cm³/mol. The number of aromatic amines is 1. The molecular weight excluding hydrogens is 258 g/mol. The summed E-state index contributed by atoms with van der Waals surface area (Å²) in [6.45, 7) is 1.59. The molecule has 98 valence electrons. The number of nitrogens with one attached hydrogen (secondary N) is 2. The molecule has 0 aromatic carbocycles. The van der Waals surface area contributed by atoms with Gasteiger partial charge in [-0.15, -0.1) is 12.3 Å². The van der Waals surface area contributed by atoms with Crippen LogP contribution in [0.1, 0.15) is 29.0 Å². The van der Waals surface area contributed by atoms with Crippen LogP contribution < -0.4 is 4.72 Å². The van der Waals surface area contributed by atoms with E-state index in [4.69, 9.17) is 11.5 Å². The molecule has 7 nitrogen and oxygen atoms in total. The minimum atomic E-state index is -3.90. The summed E-state index contributed by atoms with van der Waals surface area (Å²) in [5.41, 5.74) is -0.339. The maximum absolute atomic E-state index is 11.9. The second-order valence-electron chi connectivity index (χ2n) is 3.54. The number of H-pyrrole nitrogens is 1. The predicted octanol–water partition coefficient (Wildman–Crippen LogP) is 0.108. The lowest BCUT2D eigenvalue weighted by Gasteiger charge is -2.05. The van der Waals surface area contributed by atoms with E-state index in [0.717, 1.165) is 0 Å². The fourth-order valence-electron chi connectivity index (χ4n) is 1.36. The van der Waals surface area contributed by atoms with Crippen LogP contribution in [-0.2, 0) is 10.0 Å². The van der Waals surface area contributed by atoms with Crippen LogP contribution in [0.25, 0.3) is 0 Å². The van der Waals surface area contributed by atoms with E-state index < -0.39 is 21.7 Å². The zero-order valence-corrected chi connectivity index (χ0v) is 10.5. The second kappa shape index (κ2) is 5.66. The highest BCUT2D eigenvalue weighted by atomic mass is 32.2. The number of hydrogen-bond acceptors (Lipinski definition) is 4. The Morgan fingerprint density at radius 1 is 1.61 bits per heavy atom. The molecule has 1 heterocycles. The molecule has 0 unspecified atom stereocenters. The van der Waals surface area contributed by atoms with Gasteiger partial charge in [0.15, 0.2) is 5.69 Å². The van der Waals surface area contributed by atoms with Crippen LogP contribution >= 0.6 is 0 Å². The first-order valence-corrected chi connectivity index (χ1v) is 6.60. The number of carboxylic acid groups (broad SMARTS) is 1. The SMILES string of the molecule is C#CCCCNS(=O)(=O)c1c(C(=O)O)n[nH]c1C. The average Bonchev–Trinajstić information content (AvgIpc) is 2.67. The van der Waals surface area contributed by atoms with Crippen LogP contribution in [0.2, 0.25) is 0 Å². The Hall–Kier alpha value is -1.85. The Balaban J connectivity index is 2.95. The van der Waals surface area contributed by atoms with E-state index in [1.54, 1.807) is 0 Å². The number of rotatable bonds is 6. The van der Waals surface area contributed by atoms with Gasteiger partial charge in [-0.3, -0.25) is 5.10 Å². The highest BCUT2D eigenvalue weighted by Crippen LogP contribution is 2.17. The smallest absolute Gasteiger partial charge is 0.357 e. The lowest BCUT2D eigenvalue weighted by atomic mass is 10.3. The third-order valence-electron chi connectivity index (χ3n) is 2.15. The number of unbranched alkanes of at least 4 members (excludes halogenated alkanes) is 1. The van der Waals surface area contributed by atoms with Gasteiger partial charge >= 0.3 is 5.97 Å². The molecule has 0 amide bonds. The van der Waals surface area contributed by atoms with Crippen LogP contribution in [0, 0.1) is 19.3 Å². The van der Waals surface area contributed by atoms with E-state index in [1.165, 1.54) is 6.92 Å². The fraction of sp³-hybridized carbons (Fsp3) is 0.400. The lowest BCUT2D eigenvalue weighted by Crippen LogP contribution is -2.26. The average molecular weight is 271 g/mol. The maximum atomic E-state index is 11.9. The van der Waals surface area contributed by atoms with Crippen molar-refractivity contribution in [2.24, 2.45) is 0 Å². The molecule has 0 aliphatic carbocycles. The molecule has 0 radical (unpaired) electrons. The molecule has 1 aromatic rings. The van der Waals surface area contributed by atoms with E-state index in [-0.39, 0.29) is 17.1 Å². The van der Waals surface area contributed by atoms with Crippen molar-refractivity contribution < 1.29 is 18.3 Å². The molecule has 1 aromatic heterocycles. The molecule has 1 rings (SSSR count). The molecule has 3 N–H and O–H groups in total. The number of sulfonamides is 1. The third kappa shape index (κ3) is 3.09. The first kappa shape index (κ1) is 14.2. The summed E-state index contributed by atoms with van der Waals surface area (Å²) >= 11 is 0. The zero-order valence-electron chi connectivity index (χ0n) is 9.73. The van der Waals surface area contributed by atoms with Gasteiger partial charge in [0.25, 0.3) is 0 Å². The van der Waals surface area contributed by atoms with Crippen LogP contribution in [0.5, 0.6) is 0 Å². The van der Waals surface area contributed by atoms with Gasteiger partial charge in [-0.1, -0.05) is 0 Å². The Labute approximate surface area is 105 Å². The molecule has 0 bridgehead atoms. The topological polar surface area (TPSA) is 112 Å². The van der Waals surface area contributed by atoms with Crippen molar-refractivity contribution in [2.75, 3.05) is 6.54 Å². The van der Waals surface area contributed by atoms with Crippen LogP contribution in [0.4, 0.5) is 0 Å². The van der Waals surface area contributed by atoms with Crippen LogP contribution in [0.3, 0.4) is 0 Å². The van der Waals surface area contributed by atoms with Gasteiger partial charge in [0.05, 0.1) is 5.69 Å². The number of aromatic carboxylic acids is 1. The van der Waals surface area contributed by atoms with Crippen LogP contribution in [0.15, 0.2) is 4.90 Å². The summed E-state index contributed by atoms with van der Waals surface area (Å²) in [6, 6.07) is 0. The maximum Gasteiger partial charge on any atom is 0.357 e. The number of aryl methyl sites for hydroxylation is 1. The van der Waals surface area contributed by atoms with Crippen molar-refractivity contribution in [1.29, 1.82) is 0 Å². The number of terminal acetylenes is 1. The highest BCUT2D eigenvalue weighted by Gasteiger charge is 2.27. The highest BCUT2D eigenvalue weighted by molar-refractivity contribution is 7.89. The van der Waals surface area contributed by atoms with Crippen molar-refractivity contribution in [1.82, 2.24) is 14.9 Å². The Kier molecular flexibility index (Phi) is 4.47. The molecule has 8 heteroatoms. The van der Waals surface area contributed by atoms with Crippen LogP contribution in [-0.4, -0.2) is 36.2 Å². The first-order chi connectivity index (χ1) is 8.40. The fourth-order valence-corrected chi connectivity index (χ4v) is 2.76. The van der Waals surface area contributed by atoms with Gasteiger partial charge in [0.2, 0.25) is 10.0 Å². The third-order valence-corrected chi connectivity index (χ3v) is 3.77. The van der Waals surface area contributed by atoms with Gasteiger partial charge in [0.1, 0.15) is 4.90 Å². The minimum Gasteiger partial charge on any atom is -0.476 e. The standard InChI is InChI=1S/C10H13N3O4S/c1-3-4-5-6-11-18(16,17)9-7(2)12-13-8(9)10(14)15/h1,11H,4-6H2,2H3,(H,12,13)(H,14,15). The molecule has 0 aliphatic heterocycles. The summed E-state index contributed by atoms with van der Waals surface area (Å²) in [4.78, 5) is 10.5. The van der Waals surface area contributed by atoms with Crippen molar-refractivity contribution in [2.45, 2.75) is 24.7 Å². The number of aromatic nitrogens is 2. The monoisotopic (exact) mass is 271 g/mol. The normalized spacial score (nSPS) is 11.1. The molecule has 0 saturated carbocycles. The molecule has 0 spiro atoms. The number of carbonyl (C=O) groups is 1. The lowest BCUT2D eigenvalue weighted by molar-refractivity contribution is 0.0686. The summed E-state index contributed by atoms with van der Waals surface area (Å²) in [5.74, 6) is 0.983. The quantitative estimate of drug-likeness (QED) is 0.502. The molecule has 0 saturated heterocycles. The van der Waals surface area contributed by atoms with Crippen molar-refractivity contribution in [3.05, 3.63) is 11.4 Å². The molecule has 0 atom stereocenters. The summed E-state index contributed by atoms with van der Waals surface area (Å²) in [6.07, 6.45) is 5.97. The summed E-state index contributed by atoms with van der Waals surface area (Å²) in [5, 5.41) is 14.6. The largest absolute Gasteiger partial charge is 0.476 e. The van der Waals surface area contributed by atoms with E-state index in [9.17, 15) is 13.2 Å². The Morgan fingerprint density at radius 3 is 2.83 bits per heavy atom. The van der Waals surface area contributed by atoms with Gasteiger partial charge in [-0.05, 0) is 13.3 Å². The van der Waals surface area contributed by atoms with Crippen molar-refractivity contribution >= 4 is 16.0 Å². The van der Waals surface area contributed by atoms with Crippen molar-refractivity contribution in [3.63, 3.8) is 0 Å².